The largest absolute Gasteiger partial charge is 0.466 e. The molecule has 0 radical (unpaired) electrons. The standard InChI is InChI=1S/C29H56O7S/c1-4-6-8-10-12-14-16-18-20-22-24-35-27(30)26-29(3,37(32,33)34)28(31)36-25-23-21-19-17-15-13-11-9-7-5-2/h4-26H2,1-3H3,(H,32,33,34). The minimum atomic E-state index is -4.85. The van der Waals surface area contributed by atoms with Gasteiger partial charge in [0.1, 0.15) is 0 Å². The van der Waals surface area contributed by atoms with Crippen LogP contribution in [0.1, 0.15) is 156 Å². The SMILES string of the molecule is CCCCCCCCCCCCOC(=O)CC(C)(C(=O)OCCCCCCCCCCCC)S(=O)(=O)O. The number of hydrogen-bond acceptors (Lipinski definition) is 6. The van der Waals surface area contributed by atoms with Gasteiger partial charge in [0.25, 0.3) is 10.1 Å². The van der Waals surface area contributed by atoms with Crippen LogP contribution in [0.5, 0.6) is 0 Å². The Labute approximate surface area is 227 Å². The summed E-state index contributed by atoms with van der Waals surface area (Å²) in [4.78, 5) is 24.7. The molecule has 0 bridgehead atoms. The van der Waals surface area contributed by atoms with Crippen molar-refractivity contribution in [3.63, 3.8) is 0 Å². The summed E-state index contributed by atoms with van der Waals surface area (Å²) in [6.45, 7) is 5.67. The Kier molecular flexibility index (Phi) is 22.1. The van der Waals surface area contributed by atoms with Gasteiger partial charge in [0, 0.05) is 0 Å². The molecule has 0 aliphatic carbocycles. The van der Waals surface area contributed by atoms with Crippen LogP contribution in [0.25, 0.3) is 0 Å². The van der Waals surface area contributed by atoms with Crippen molar-refractivity contribution in [3.05, 3.63) is 0 Å². The lowest BCUT2D eigenvalue weighted by molar-refractivity contribution is -0.153. The first-order chi connectivity index (χ1) is 17.7. The van der Waals surface area contributed by atoms with Gasteiger partial charge in [0.15, 0.2) is 0 Å². The van der Waals surface area contributed by atoms with Crippen LogP contribution >= 0.6 is 0 Å². The zero-order chi connectivity index (χ0) is 27.8. The summed E-state index contributed by atoms with van der Waals surface area (Å²) in [5.74, 6) is -1.94. The molecule has 0 amide bonds. The van der Waals surface area contributed by atoms with Gasteiger partial charge in [-0.2, -0.15) is 8.42 Å². The number of carbonyl (C=O) groups excluding carboxylic acids is 2. The monoisotopic (exact) mass is 548 g/mol. The van der Waals surface area contributed by atoms with E-state index in [2.05, 4.69) is 13.8 Å². The molecule has 0 spiro atoms. The van der Waals surface area contributed by atoms with Crippen LogP contribution < -0.4 is 0 Å². The van der Waals surface area contributed by atoms with Crippen LogP contribution in [0.3, 0.4) is 0 Å². The minimum Gasteiger partial charge on any atom is -0.466 e. The highest BCUT2D eigenvalue weighted by atomic mass is 32.2. The first-order valence-electron chi connectivity index (χ1n) is 15.0. The van der Waals surface area contributed by atoms with Crippen molar-refractivity contribution < 1.29 is 32.0 Å². The first-order valence-corrected chi connectivity index (χ1v) is 16.4. The number of rotatable bonds is 26. The second kappa shape index (κ2) is 22.8. The zero-order valence-electron chi connectivity index (χ0n) is 24.1. The maximum atomic E-state index is 12.5. The van der Waals surface area contributed by atoms with Gasteiger partial charge in [-0.15, -0.1) is 0 Å². The summed E-state index contributed by atoms with van der Waals surface area (Å²) in [5, 5.41) is 0. The summed E-state index contributed by atoms with van der Waals surface area (Å²) >= 11 is 0. The molecule has 1 atom stereocenters. The van der Waals surface area contributed by atoms with Gasteiger partial charge in [-0.05, 0) is 19.8 Å². The van der Waals surface area contributed by atoms with Crippen LogP contribution in [0.4, 0.5) is 0 Å². The summed E-state index contributed by atoms with van der Waals surface area (Å²) in [6, 6.07) is 0. The molecule has 0 fully saturated rings. The lowest BCUT2D eigenvalue weighted by Gasteiger charge is -2.23. The molecule has 0 aromatic rings. The topological polar surface area (TPSA) is 107 Å². The molecule has 0 aliphatic rings. The Morgan fingerprint density at radius 1 is 0.595 bits per heavy atom. The van der Waals surface area contributed by atoms with E-state index in [0.29, 0.717) is 12.8 Å². The van der Waals surface area contributed by atoms with Gasteiger partial charge in [-0.25, -0.2) is 0 Å². The fourth-order valence-corrected chi connectivity index (χ4v) is 4.85. The summed E-state index contributed by atoms with van der Waals surface area (Å²) in [6.07, 6.45) is 21.9. The van der Waals surface area contributed by atoms with E-state index in [-0.39, 0.29) is 13.2 Å². The first kappa shape index (κ1) is 35.9. The third-order valence-corrected chi connectivity index (χ3v) is 8.42. The Morgan fingerprint density at radius 3 is 1.27 bits per heavy atom. The van der Waals surface area contributed by atoms with Crippen LogP contribution in [0.15, 0.2) is 0 Å². The summed E-state index contributed by atoms with van der Waals surface area (Å²) in [7, 11) is -4.85. The Balaban J connectivity index is 4.11. The highest BCUT2D eigenvalue weighted by Crippen LogP contribution is 2.24. The number of unbranched alkanes of at least 4 members (excludes halogenated alkanes) is 18. The fourth-order valence-electron chi connectivity index (χ4n) is 4.28. The van der Waals surface area contributed by atoms with E-state index in [9.17, 15) is 22.6 Å². The molecule has 220 valence electrons. The Hall–Kier alpha value is -1.15. The molecule has 0 saturated carbocycles. The smallest absolute Gasteiger partial charge is 0.330 e. The highest BCUT2D eigenvalue weighted by molar-refractivity contribution is 7.88. The van der Waals surface area contributed by atoms with Crippen molar-refractivity contribution in [2.45, 2.75) is 160 Å². The van der Waals surface area contributed by atoms with Crippen molar-refractivity contribution in [2.75, 3.05) is 13.2 Å². The van der Waals surface area contributed by atoms with Gasteiger partial charge in [-0.3, -0.25) is 14.1 Å². The number of carbonyl (C=O) groups is 2. The van der Waals surface area contributed by atoms with E-state index in [4.69, 9.17) is 9.47 Å². The van der Waals surface area contributed by atoms with E-state index in [1.54, 1.807) is 0 Å². The van der Waals surface area contributed by atoms with Crippen molar-refractivity contribution in [2.24, 2.45) is 0 Å². The lowest BCUT2D eigenvalue weighted by atomic mass is 10.1. The number of esters is 2. The third-order valence-electron chi connectivity index (χ3n) is 6.97. The average molecular weight is 549 g/mol. The molecule has 8 heteroatoms. The van der Waals surface area contributed by atoms with E-state index >= 15 is 0 Å². The van der Waals surface area contributed by atoms with Crippen molar-refractivity contribution >= 4 is 22.1 Å². The molecular formula is C29H56O7S. The molecule has 0 aliphatic heterocycles. The summed E-state index contributed by atoms with van der Waals surface area (Å²) < 4.78 is 41.4. The molecule has 0 rings (SSSR count). The Bertz CT molecular complexity index is 678. The van der Waals surface area contributed by atoms with Gasteiger partial charge in [0.2, 0.25) is 4.75 Å². The second-order valence-corrected chi connectivity index (χ2v) is 12.5. The molecule has 0 saturated heterocycles. The number of hydrogen-bond donors (Lipinski definition) is 1. The molecule has 0 aromatic heterocycles. The molecule has 0 aromatic carbocycles. The number of ether oxygens (including phenoxy) is 2. The maximum Gasteiger partial charge on any atom is 0.330 e. The van der Waals surface area contributed by atoms with Crippen LogP contribution in [0, 0.1) is 0 Å². The van der Waals surface area contributed by atoms with E-state index in [1.165, 1.54) is 77.0 Å². The maximum absolute atomic E-state index is 12.5. The summed E-state index contributed by atoms with van der Waals surface area (Å²) in [5.41, 5.74) is 0. The fraction of sp³-hybridized carbons (Fsp3) is 0.931. The second-order valence-electron chi connectivity index (χ2n) is 10.6. The molecular weight excluding hydrogens is 492 g/mol. The zero-order valence-corrected chi connectivity index (χ0v) is 24.9. The predicted octanol–water partition coefficient (Wildman–Crippen LogP) is 7.95. The molecule has 7 nitrogen and oxygen atoms in total. The van der Waals surface area contributed by atoms with Crippen LogP contribution in [-0.4, -0.2) is 42.9 Å². The average Bonchev–Trinajstić information content (AvgIpc) is 2.84. The quantitative estimate of drug-likeness (QED) is 0.0664. The van der Waals surface area contributed by atoms with Gasteiger partial charge >= 0.3 is 11.9 Å². The van der Waals surface area contributed by atoms with Gasteiger partial charge in [0.05, 0.1) is 19.6 Å². The predicted molar refractivity (Wildman–Crippen MR) is 150 cm³/mol. The third kappa shape index (κ3) is 18.7. The highest BCUT2D eigenvalue weighted by Gasteiger charge is 2.49. The van der Waals surface area contributed by atoms with E-state index in [1.807, 2.05) is 0 Å². The molecule has 0 heterocycles. The van der Waals surface area contributed by atoms with Crippen molar-refractivity contribution in [1.29, 1.82) is 0 Å². The lowest BCUT2D eigenvalue weighted by Crippen LogP contribution is -2.46. The van der Waals surface area contributed by atoms with Crippen LogP contribution in [0.2, 0.25) is 0 Å². The van der Waals surface area contributed by atoms with Crippen molar-refractivity contribution in [1.82, 2.24) is 0 Å². The van der Waals surface area contributed by atoms with E-state index in [0.717, 1.165) is 45.4 Å². The molecule has 1 N–H and O–H groups in total. The Morgan fingerprint density at radius 2 is 0.919 bits per heavy atom. The molecule has 1 unspecified atom stereocenters. The minimum absolute atomic E-state index is 0.0636. The molecule has 37 heavy (non-hydrogen) atoms. The van der Waals surface area contributed by atoms with Crippen LogP contribution in [-0.2, 0) is 29.2 Å². The van der Waals surface area contributed by atoms with E-state index < -0.39 is 33.2 Å². The van der Waals surface area contributed by atoms with Gasteiger partial charge < -0.3 is 9.47 Å². The van der Waals surface area contributed by atoms with Crippen molar-refractivity contribution in [3.8, 4) is 0 Å². The van der Waals surface area contributed by atoms with Gasteiger partial charge in [-0.1, -0.05) is 129 Å². The normalized spacial score (nSPS) is 13.3.